The Kier molecular flexibility index (Phi) is 49.4. The molecule has 11 rings (SSSR count). The Labute approximate surface area is 747 Å². The van der Waals surface area contributed by atoms with E-state index >= 15 is 0 Å². The van der Waals surface area contributed by atoms with E-state index in [1.165, 1.54) is 160 Å². The number of unbranched alkanes of at least 4 members (excludes halogenated alkanes) is 11. The highest BCUT2D eigenvalue weighted by molar-refractivity contribution is 7.13. The third-order valence-corrected chi connectivity index (χ3v) is 23.9. The number of Topliss-reactive ketones (excluding diaryl/α,β-unsaturated/α-hetero) is 5. The monoisotopic (exact) mass is 1760 g/mol. The summed E-state index contributed by atoms with van der Waals surface area (Å²) < 4.78 is 40.1. The van der Waals surface area contributed by atoms with E-state index in [9.17, 15) is 38.0 Å². The van der Waals surface area contributed by atoms with Gasteiger partial charge in [-0.15, -0.1) is 56.7 Å². The highest BCUT2D eigenvalue weighted by Crippen LogP contribution is 2.25. The van der Waals surface area contributed by atoms with Crippen LogP contribution in [0, 0.1) is 0 Å². The van der Waals surface area contributed by atoms with E-state index in [0.717, 1.165) is 112 Å². The van der Waals surface area contributed by atoms with E-state index in [-0.39, 0.29) is 59.3 Å². The van der Waals surface area contributed by atoms with Crippen LogP contribution in [0.5, 0.6) is 17.2 Å². The molecule has 5 heterocycles. The molecule has 656 valence electrons. The highest BCUT2D eigenvalue weighted by Gasteiger charge is 2.22. The zero-order chi connectivity index (χ0) is 87.7. The molecule has 17 nitrogen and oxygen atoms in total. The third-order valence-electron chi connectivity index (χ3n) is 19.6. The maximum atomic E-state index is 13.8. The average Bonchev–Trinajstić information content (AvgIpc) is 1.74. The predicted molar refractivity (Wildman–Crippen MR) is 498 cm³/mol. The smallest absolute Gasteiger partial charge is 0.311 e. The van der Waals surface area contributed by atoms with Crippen LogP contribution in [0.3, 0.4) is 0 Å². The molecule has 0 bridgehead atoms. The molecule has 1 unspecified atom stereocenters. The van der Waals surface area contributed by atoms with Gasteiger partial charge in [0.15, 0.2) is 54.3 Å². The van der Waals surface area contributed by atoms with Crippen molar-refractivity contribution < 1.29 is 61.6 Å². The molecule has 11 aromatic rings. The Hall–Kier alpha value is -9.91. The number of nitrogens with zero attached hydrogens (tertiary/aromatic N) is 5. The third kappa shape index (κ3) is 41.0. The minimum Gasteiger partial charge on any atom is -0.494 e. The number of benzene rings is 6. The molecule has 0 fully saturated rings. The Balaban J connectivity index is 0.000000214. The van der Waals surface area contributed by atoms with E-state index in [1.54, 1.807) is 42.4 Å². The fourth-order valence-corrected chi connectivity index (χ4v) is 16.3. The molecule has 0 saturated heterocycles. The maximum absolute atomic E-state index is 13.8. The standard InChI is InChI=1S/C26H37NO3S.C24H25NO3S.C18H23NO2S.C16H18FNO2S.C16H19NO2S/c1-3-5-6-7-8-9-12-21-15-17-22(18-16-21)13-10-11-14-24(28)26-27-23(20-31-26)19-25(29)30-4-2;1-2-28-23(27)16-21-17-29-24(25-21)22(26)11-7-6-8-18-12-14-20(15-13-18)19-9-4-3-5-10-19;1-2-3-4-5-13-21-16-9-6-15(7-10-16)8-11-17(20)18-19-12-14-22-18;1-2-20-13-8-6-12(7-9-13)4-3-5-14(17)15(19)16-18-10-11-21-16;1-2-19-14-9-7-13(8-10-14)5-3-4-6-15(18)16-17-11-12-20-16/h15-18,20H,3-14,19H2,1-2H3;3-5,9-10,12-15,17H,2,6-8,11,16H2,1H3;6-7,9-10,12,14H,2-5,8,11,13H2,1H3;6-11,14H,2-5H2,1H3;7-12H,2-6H2,1H3. The number of halogens is 1. The second-order valence-corrected chi connectivity index (χ2v) is 33.8. The summed E-state index contributed by atoms with van der Waals surface area (Å²) in [7, 11) is 0. The average molecular weight is 1770 g/mol. The molecular weight excluding hydrogens is 1640 g/mol. The maximum Gasteiger partial charge on any atom is 0.311 e. The SMILES string of the molecule is CCCCCCCCc1ccc(CCCCC(=O)c2nc(CC(=O)OCC)cs2)cc1.CCCCCCOc1ccc(CCC(=O)c2nccs2)cc1.CCOC(=O)Cc1csc(C(=O)CCCCc2ccc(-c3ccccc3)cc2)n1.CCOc1ccc(CCCC(F)C(=O)c2nccs2)cc1.CCOc1ccc(CCCCC(=O)c2nccs2)cc1. The lowest BCUT2D eigenvalue weighted by Gasteiger charge is -2.07. The lowest BCUT2D eigenvalue weighted by atomic mass is 10.0. The molecular formula is C100H122FN5O12S5. The van der Waals surface area contributed by atoms with Crippen molar-refractivity contribution >= 4 is 97.5 Å². The quantitative estimate of drug-likeness (QED) is 0.0196. The normalized spacial score (nSPS) is 10.9. The molecule has 0 amide bonds. The number of hydrogen-bond donors (Lipinski definition) is 0. The molecule has 123 heavy (non-hydrogen) atoms. The molecule has 0 radical (unpaired) electrons. The van der Waals surface area contributed by atoms with Crippen LogP contribution < -0.4 is 14.2 Å². The summed E-state index contributed by atoms with van der Waals surface area (Å²) in [6.07, 6.45) is 30.6. The van der Waals surface area contributed by atoms with Crippen molar-refractivity contribution in [1.29, 1.82) is 0 Å². The number of esters is 2. The van der Waals surface area contributed by atoms with Crippen LogP contribution >= 0.6 is 56.7 Å². The van der Waals surface area contributed by atoms with Gasteiger partial charge in [0.1, 0.15) is 17.2 Å². The van der Waals surface area contributed by atoms with Crippen LogP contribution in [0.4, 0.5) is 4.39 Å². The van der Waals surface area contributed by atoms with Gasteiger partial charge in [-0.25, -0.2) is 29.3 Å². The Morgan fingerprint density at radius 2 is 0.683 bits per heavy atom. The number of ketones is 5. The first kappa shape index (κ1) is 100. The van der Waals surface area contributed by atoms with E-state index in [1.807, 2.05) is 103 Å². The van der Waals surface area contributed by atoms with Crippen molar-refractivity contribution in [2.24, 2.45) is 0 Å². The number of ether oxygens (including phenoxy) is 5. The molecule has 5 aromatic heterocycles. The first-order chi connectivity index (χ1) is 60.1. The minimum absolute atomic E-state index is 0.0459. The largest absolute Gasteiger partial charge is 0.494 e. The van der Waals surface area contributed by atoms with Crippen LogP contribution in [0.1, 0.15) is 277 Å². The van der Waals surface area contributed by atoms with E-state index in [2.05, 4.69) is 112 Å². The number of hydrogen-bond acceptors (Lipinski definition) is 22. The fourth-order valence-electron chi connectivity index (χ4n) is 12.9. The summed E-state index contributed by atoms with van der Waals surface area (Å²) in [6.45, 7) is 14.7. The number of thiazole rings is 5. The first-order valence-corrected chi connectivity index (χ1v) is 48.0. The summed E-state index contributed by atoms with van der Waals surface area (Å²) in [5, 5.41) is 11.4. The van der Waals surface area contributed by atoms with Crippen molar-refractivity contribution in [2.75, 3.05) is 33.0 Å². The van der Waals surface area contributed by atoms with Gasteiger partial charge in [0.25, 0.3) is 0 Å². The summed E-state index contributed by atoms with van der Waals surface area (Å²) >= 11 is 6.62. The second kappa shape index (κ2) is 60.6. The summed E-state index contributed by atoms with van der Waals surface area (Å²) in [5.41, 5.74) is 11.3. The van der Waals surface area contributed by atoms with E-state index in [0.29, 0.717) is 89.9 Å². The molecule has 0 saturated carbocycles. The summed E-state index contributed by atoms with van der Waals surface area (Å²) in [4.78, 5) is 104. The van der Waals surface area contributed by atoms with Gasteiger partial charge in [-0.3, -0.25) is 33.6 Å². The van der Waals surface area contributed by atoms with Crippen molar-refractivity contribution in [2.45, 2.75) is 240 Å². The van der Waals surface area contributed by atoms with Gasteiger partial charge in [0, 0.05) is 71.2 Å². The molecule has 0 aliphatic rings. The number of carbonyl (C=O) groups excluding carboxylic acids is 7. The van der Waals surface area contributed by atoms with Crippen molar-refractivity contribution in [3.05, 3.63) is 267 Å². The van der Waals surface area contributed by atoms with Crippen LogP contribution in [0.15, 0.2) is 197 Å². The zero-order valence-corrected chi connectivity index (χ0v) is 76.5. The zero-order valence-electron chi connectivity index (χ0n) is 72.4. The molecule has 0 spiro atoms. The fraction of sp³-hybridized carbons (Fsp3) is 0.420. The van der Waals surface area contributed by atoms with E-state index < -0.39 is 12.0 Å². The molecule has 1 atom stereocenters. The molecule has 6 aromatic carbocycles. The lowest BCUT2D eigenvalue weighted by Crippen LogP contribution is -2.15. The lowest BCUT2D eigenvalue weighted by molar-refractivity contribution is -0.143. The van der Waals surface area contributed by atoms with Crippen LogP contribution in [0.2, 0.25) is 0 Å². The van der Waals surface area contributed by atoms with Crippen molar-refractivity contribution in [1.82, 2.24) is 24.9 Å². The Morgan fingerprint density at radius 3 is 1.10 bits per heavy atom. The number of rotatable bonds is 52. The first-order valence-electron chi connectivity index (χ1n) is 43.6. The molecule has 23 heteroatoms. The van der Waals surface area contributed by atoms with Gasteiger partial charge in [0.05, 0.1) is 57.3 Å². The van der Waals surface area contributed by atoms with Crippen LogP contribution in [0.25, 0.3) is 11.1 Å². The summed E-state index contributed by atoms with van der Waals surface area (Å²) in [6, 6.07) is 51.9. The van der Waals surface area contributed by atoms with Gasteiger partial charge in [0.2, 0.25) is 5.78 Å². The molecule has 0 aliphatic carbocycles. The van der Waals surface area contributed by atoms with Crippen molar-refractivity contribution in [3.63, 3.8) is 0 Å². The van der Waals surface area contributed by atoms with Gasteiger partial charge in [-0.2, -0.15) is 0 Å². The van der Waals surface area contributed by atoms with Gasteiger partial charge in [-0.05, 0) is 211 Å². The molecule has 0 N–H and O–H groups in total. The van der Waals surface area contributed by atoms with Gasteiger partial charge < -0.3 is 23.7 Å². The topological polar surface area (TPSA) is 230 Å². The van der Waals surface area contributed by atoms with Gasteiger partial charge in [-0.1, -0.05) is 180 Å². The number of aromatic nitrogens is 5. The number of aryl methyl sites for hydroxylation is 6. The Morgan fingerprint density at radius 1 is 0.333 bits per heavy atom. The van der Waals surface area contributed by atoms with E-state index in [4.69, 9.17) is 23.7 Å². The minimum atomic E-state index is -1.46. The predicted octanol–water partition coefficient (Wildman–Crippen LogP) is 25.4. The van der Waals surface area contributed by atoms with Crippen molar-refractivity contribution in [3.8, 4) is 28.4 Å². The number of alkyl halides is 1. The summed E-state index contributed by atoms with van der Waals surface area (Å²) in [5.74, 6) is 1.93. The van der Waals surface area contributed by atoms with Gasteiger partial charge >= 0.3 is 11.9 Å². The van der Waals surface area contributed by atoms with Crippen LogP contribution in [-0.2, 0) is 70.4 Å². The highest BCUT2D eigenvalue weighted by atomic mass is 32.1. The number of carbonyl (C=O) groups is 7. The second-order valence-electron chi connectivity index (χ2n) is 29.4. The van der Waals surface area contributed by atoms with Crippen LogP contribution in [-0.4, -0.2) is 105 Å². The molecule has 0 aliphatic heterocycles. The Bertz CT molecular complexity index is 4710.